The molecule has 1 rings (SSSR count). The molecule has 0 fully saturated rings. The van der Waals surface area contributed by atoms with Crippen LogP contribution in [0.5, 0.6) is 0 Å². The van der Waals surface area contributed by atoms with E-state index in [0.29, 0.717) is 11.8 Å². The number of aromatic nitrogens is 2. The molecule has 0 unspecified atom stereocenters. The average Bonchev–Trinajstić information content (AvgIpc) is 2.24. The molecule has 0 bridgehead atoms. The third-order valence-corrected chi connectivity index (χ3v) is 2.57. The maximum Gasteiger partial charge on any atom is 0.155 e. The van der Waals surface area contributed by atoms with Crippen molar-refractivity contribution in [2.75, 3.05) is 25.1 Å². The van der Waals surface area contributed by atoms with Crippen LogP contribution in [0.4, 0.5) is 5.82 Å². The lowest BCUT2D eigenvalue weighted by atomic mass is 10.2. The number of rotatable bonds is 5. The zero-order chi connectivity index (χ0) is 11.3. The summed E-state index contributed by atoms with van der Waals surface area (Å²) in [5.41, 5.74) is 2.00. The van der Waals surface area contributed by atoms with Gasteiger partial charge in [-0.1, -0.05) is 11.6 Å². The maximum atomic E-state index is 5.84. The van der Waals surface area contributed by atoms with Gasteiger partial charge in [0.05, 0.1) is 6.61 Å². The molecule has 5 heteroatoms. The van der Waals surface area contributed by atoms with Gasteiger partial charge in [-0.2, -0.15) is 0 Å². The van der Waals surface area contributed by atoms with E-state index in [1.165, 1.54) is 0 Å². The van der Waals surface area contributed by atoms with Crippen molar-refractivity contribution < 1.29 is 4.74 Å². The largest absolute Gasteiger partial charge is 0.380 e. The summed E-state index contributed by atoms with van der Waals surface area (Å²) in [5, 5.41) is 11.5. The van der Waals surface area contributed by atoms with Gasteiger partial charge >= 0.3 is 0 Å². The highest BCUT2D eigenvalue weighted by molar-refractivity contribution is 6.30. The van der Waals surface area contributed by atoms with Gasteiger partial charge in [-0.05, 0) is 31.9 Å². The lowest BCUT2D eigenvalue weighted by Gasteiger charge is -2.09. The van der Waals surface area contributed by atoms with Gasteiger partial charge in [0, 0.05) is 13.2 Å². The first-order chi connectivity index (χ1) is 7.16. The molecule has 0 aliphatic rings. The van der Waals surface area contributed by atoms with E-state index in [9.17, 15) is 0 Å². The van der Waals surface area contributed by atoms with Crippen molar-refractivity contribution >= 4 is 17.4 Å². The molecule has 0 saturated heterocycles. The molecular weight excluding hydrogens is 214 g/mol. The number of hydrogen-bond donors (Lipinski definition) is 1. The summed E-state index contributed by atoms with van der Waals surface area (Å²) >= 11 is 5.84. The lowest BCUT2D eigenvalue weighted by molar-refractivity contribution is 0.158. The fourth-order valence-electron chi connectivity index (χ4n) is 1.13. The summed E-state index contributed by atoms with van der Waals surface area (Å²) in [4.78, 5) is 0. The molecule has 1 heterocycles. The SMILES string of the molecule is CCOCCNc1nnc(Cl)c(C)c1C. The second-order valence-corrected chi connectivity index (χ2v) is 3.57. The number of ether oxygens (including phenoxy) is 1. The summed E-state index contributed by atoms with van der Waals surface area (Å²) in [6, 6.07) is 0. The fourth-order valence-corrected chi connectivity index (χ4v) is 1.31. The van der Waals surface area contributed by atoms with Crippen LogP contribution < -0.4 is 5.32 Å². The molecule has 0 atom stereocenters. The number of nitrogens with zero attached hydrogens (tertiary/aromatic N) is 2. The van der Waals surface area contributed by atoms with Crippen molar-refractivity contribution in [3.05, 3.63) is 16.3 Å². The van der Waals surface area contributed by atoms with Crippen LogP contribution in [-0.2, 0) is 4.74 Å². The molecule has 15 heavy (non-hydrogen) atoms. The quantitative estimate of drug-likeness (QED) is 0.787. The highest BCUT2D eigenvalue weighted by atomic mass is 35.5. The van der Waals surface area contributed by atoms with E-state index in [1.807, 2.05) is 20.8 Å². The minimum absolute atomic E-state index is 0.461. The van der Waals surface area contributed by atoms with E-state index in [2.05, 4.69) is 15.5 Å². The van der Waals surface area contributed by atoms with Gasteiger partial charge in [0.2, 0.25) is 0 Å². The van der Waals surface area contributed by atoms with Gasteiger partial charge in [-0.25, -0.2) is 0 Å². The van der Waals surface area contributed by atoms with Gasteiger partial charge in [0.15, 0.2) is 11.0 Å². The fraction of sp³-hybridized carbons (Fsp3) is 0.600. The van der Waals surface area contributed by atoms with E-state index in [-0.39, 0.29) is 0 Å². The van der Waals surface area contributed by atoms with E-state index >= 15 is 0 Å². The van der Waals surface area contributed by atoms with Crippen molar-refractivity contribution in [3.8, 4) is 0 Å². The van der Waals surface area contributed by atoms with E-state index < -0.39 is 0 Å². The molecule has 1 aromatic heterocycles. The van der Waals surface area contributed by atoms with Crippen LogP contribution in [-0.4, -0.2) is 30.0 Å². The van der Waals surface area contributed by atoms with E-state index in [0.717, 1.165) is 30.1 Å². The first kappa shape index (κ1) is 12.2. The van der Waals surface area contributed by atoms with Gasteiger partial charge in [0.25, 0.3) is 0 Å². The van der Waals surface area contributed by atoms with Gasteiger partial charge in [-0.3, -0.25) is 0 Å². The average molecular weight is 230 g/mol. The standard InChI is InChI=1S/C10H16ClN3O/c1-4-15-6-5-12-10-8(3)7(2)9(11)13-14-10/h4-6H2,1-3H3,(H,12,14). The number of nitrogens with one attached hydrogen (secondary N) is 1. The number of halogens is 1. The first-order valence-corrected chi connectivity index (χ1v) is 5.35. The van der Waals surface area contributed by atoms with Crippen molar-refractivity contribution in [1.29, 1.82) is 0 Å². The maximum absolute atomic E-state index is 5.84. The zero-order valence-electron chi connectivity index (χ0n) is 9.30. The minimum Gasteiger partial charge on any atom is -0.380 e. The van der Waals surface area contributed by atoms with Crippen LogP contribution >= 0.6 is 11.6 Å². The molecule has 0 aliphatic heterocycles. The van der Waals surface area contributed by atoms with Crippen LogP contribution in [0.3, 0.4) is 0 Å². The molecule has 1 aromatic rings. The topological polar surface area (TPSA) is 47.0 Å². The van der Waals surface area contributed by atoms with Gasteiger partial charge < -0.3 is 10.1 Å². The van der Waals surface area contributed by atoms with Crippen molar-refractivity contribution in [3.63, 3.8) is 0 Å². The lowest BCUT2D eigenvalue weighted by Crippen LogP contribution is -2.12. The van der Waals surface area contributed by atoms with Gasteiger partial charge in [-0.15, -0.1) is 10.2 Å². The van der Waals surface area contributed by atoms with E-state index in [1.54, 1.807) is 0 Å². The molecule has 0 radical (unpaired) electrons. The van der Waals surface area contributed by atoms with Gasteiger partial charge in [0.1, 0.15) is 0 Å². The van der Waals surface area contributed by atoms with Crippen LogP contribution in [0.2, 0.25) is 5.15 Å². The minimum atomic E-state index is 0.461. The molecule has 1 N–H and O–H groups in total. The Morgan fingerprint density at radius 2 is 2.00 bits per heavy atom. The molecular formula is C10H16ClN3O. The molecule has 84 valence electrons. The Balaban J connectivity index is 2.58. The second-order valence-electron chi connectivity index (χ2n) is 3.21. The zero-order valence-corrected chi connectivity index (χ0v) is 10.1. The predicted octanol–water partition coefficient (Wildman–Crippen LogP) is 2.20. The number of hydrogen-bond acceptors (Lipinski definition) is 4. The Hall–Kier alpha value is -0.870. The molecule has 0 aliphatic carbocycles. The predicted molar refractivity (Wildman–Crippen MR) is 61.5 cm³/mol. The van der Waals surface area contributed by atoms with Crippen LogP contribution in [0.25, 0.3) is 0 Å². The molecule has 0 aromatic carbocycles. The van der Waals surface area contributed by atoms with Crippen molar-refractivity contribution in [1.82, 2.24) is 10.2 Å². The first-order valence-electron chi connectivity index (χ1n) is 4.97. The molecule has 0 saturated carbocycles. The van der Waals surface area contributed by atoms with Crippen LogP contribution in [0.1, 0.15) is 18.1 Å². The third-order valence-electron chi connectivity index (χ3n) is 2.21. The molecule has 0 spiro atoms. The number of anilines is 1. The van der Waals surface area contributed by atoms with Crippen molar-refractivity contribution in [2.24, 2.45) is 0 Å². The monoisotopic (exact) mass is 229 g/mol. The molecule has 0 amide bonds. The summed E-state index contributed by atoms with van der Waals surface area (Å²) < 4.78 is 5.21. The summed E-state index contributed by atoms with van der Waals surface area (Å²) in [7, 11) is 0. The Morgan fingerprint density at radius 3 is 2.67 bits per heavy atom. The Morgan fingerprint density at radius 1 is 1.27 bits per heavy atom. The van der Waals surface area contributed by atoms with Crippen LogP contribution in [0.15, 0.2) is 0 Å². The highest BCUT2D eigenvalue weighted by Crippen LogP contribution is 2.20. The van der Waals surface area contributed by atoms with Crippen LogP contribution in [0, 0.1) is 13.8 Å². The third kappa shape index (κ3) is 3.32. The normalized spacial score (nSPS) is 10.4. The summed E-state index contributed by atoms with van der Waals surface area (Å²) in [6.07, 6.45) is 0. The second kappa shape index (κ2) is 5.88. The summed E-state index contributed by atoms with van der Waals surface area (Å²) in [5.74, 6) is 0.775. The van der Waals surface area contributed by atoms with E-state index in [4.69, 9.17) is 16.3 Å². The Kier molecular flexibility index (Phi) is 4.78. The smallest absolute Gasteiger partial charge is 0.155 e. The Labute approximate surface area is 95.0 Å². The van der Waals surface area contributed by atoms with Crippen molar-refractivity contribution in [2.45, 2.75) is 20.8 Å². The molecule has 4 nitrogen and oxygen atoms in total. The summed E-state index contributed by atoms with van der Waals surface area (Å²) in [6.45, 7) is 7.99. The Bertz CT molecular complexity index is 331. The highest BCUT2D eigenvalue weighted by Gasteiger charge is 2.06.